The molecule has 90 valence electrons. The van der Waals surface area contributed by atoms with Gasteiger partial charge in [-0.25, -0.2) is 4.98 Å². The van der Waals surface area contributed by atoms with Crippen LogP contribution in [0.2, 0.25) is 0 Å². The van der Waals surface area contributed by atoms with Crippen molar-refractivity contribution in [3.63, 3.8) is 0 Å². The van der Waals surface area contributed by atoms with E-state index in [0.717, 1.165) is 18.7 Å². The maximum absolute atomic E-state index is 12.4. The number of nitrogens with zero attached hydrogens (tertiary/aromatic N) is 2. The Balaban J connectivity index is 2.36. The number of aromatic nitrogens is 2. The molecule has 0 fully saturated rings. The molecule has 5 heteroatoms. The van der Waals surface area contributed by atoms with E-state index in [-0.39, 0.29) is 0 Å². The van der Waals surface area contributed by atoms with Gasteiger partial charge in [-0.1, -0.05) is 12.1 Å². The van der Waals surface area contributed by atoms with Gasteiger partial charge < -0.3 is 4.57 Å². The van der Waals surface area contributed by atoms with Gasteiger partial charge >= 0.3 is 6.18 Å². The monoisotopic (exact) mass is 240 g/mol. The fourth-order valence-corrected chi connectivity index (χ4v) is 1.63. The molecular weight excluding hydrogens is 229 g/mol. The average Bonchev–Trinajstić information content (AvgIpc) is 2.76. The average molecular weight is 240 g/mol. The SMILES string of the molecule is CCn1ccnc1-c1ccc(C(F)(F)F)cc1. The molecule has 0 N–H and O–H groups in total. The fraction of sp³-hybridized carbons (Fsp3) is 0.250. The van der Waals surface area contributed by atoms with E-state index in [9.17, 15) is 13.2 Å². The van der Waals surface area contributed by atoms with Crippen molar-refractivity contribution < 1.29 is 13.2 Å². The van der Waals surface area contributed by atoms with Crippen LogP contribution in [0.4, 0.5) is 13.2 Å². The molecule has 0 bridgehead atoms. The summed E-state index contributed by atoms with van der Waals surface area (Å²) in [5, 5.41) is 0. The Bertz CT molecular complexity index is 497. The van der Waals surface area contributed by atoms with Crippen molar-refractivity contribution in [2.45, 2.75) is 19.6 Å². The lowest BCUT2D eigenvalue weighted by atomic mass is 10.1. The number of rotatable bonds is 2. The van der Waals surface area contributed by atoms with Crippen LogP contribution in [0.1, 0.15) is 12.5 Å². The van der Waals surface area contributed by atoms with Crippen LogP contribution in [0.15, 0.2) is 36.7 Å². The molecule has 1 aromatic carbocycles. The second kappa shape index (κ2) is 4.24. The first kappa shape index (κ1) is 11.7. The quantitative estimate of drug-likeness (QED) is 0.784. The van der Waals surface area contributed by atoms with E-state index in [2.05, 4.69) is 4.98 Å². The number of benzene rings is 1. The van der Waals surface area contributed by atoms with Crippen molar-refractivity contribution in [1.82, 2.24) is 9.55 Å². The van der Waals surface area contributed by atoms with E-state index < -0.39 is 11.7 Å². The standard InChI is InChI=1S/C12H11F3N2/c1-2-17-8-7-16-11(17)9-3-5-10(6-4-9)12(13,14)15/h3-8H,2H2,1H3. The first-order valence-corrected chi connectivity index (χ1v) is 5.21. The lowest BCUT2D eigenvalue weighted by Gasteiger charge is -2.08. The number of hydrogen-bond acceptors (Lipinski definition) is 1. The highest BCUT2D eigenvalue weighted by atomic mass is 19.4. The normalized spacial score (nSPS) is 11.8. The smallest absolute Gasteiger partial charge is 0.331 e. The Morgan fingerprint density at radius 3 is 2.35 bits per heavy atom. The Morgan fingerprint density at radius 1 is 1.18 bits per heavy atom. The van der Waals surface area contributed by atoms with E-state index in [1.54, 1.807) is 12.4 Å². The summed E-state index contributed by atoms with van der Waals surface area (Å²) in [6.45, 7) is 2.69. The fourth-order valence-electron chi connectivity index (χ4n) is 1.63. The van der Waals surface area contributed by atoms with Crippen LogP contribution in [0.5, 0.6) is 0 Å². The van der Waals surface area contributed by atoms with E-state index in [1.807, 2.05) is 11.5 Å². The molecule has 0 amide bonds. The highest BCUT2D eigenvalue weighted by Crippen LogP contribution is 2.30. The Kier molecular flexibility index (Phi) is 2.92. The Labute approximate surface area is 96.7 Å². The summed E-state index contributed by atoms with van der Waals surface area (Å²) in [5.74, 6) is 0.682. The van der Waals surface area contributed by atoms with E-state index >= 15 is 0 Å². The summed E-state index contributed by atoms with van der Waals surface area (Å²) in [7, 11) is 0. The molecule has 0 aliphatic carbocycles. The third kappa shape index (κ3) is 2.33. The van der Waals surface area contributed by atoms with Crippen LogP contribution in [-0.4, -0.2) is 9.55 Å². The molecule has 1 heterocycles. The zero-order valence-electron chi connectivity index (χ0n) is 9.20. The molecule has 2 aromatic rings. The minimum Gasteiger partial charge on any atom is -0.331 e. The molecule has 1 aromatic heterocycles. The summed E-state index contributed by atoms with van der Waals surface area (Å²) in [6, 6.07) is 5.03. The van der Waals surface area contributed by atoms with Crippen LogP contribution in [0.25, 0.3) is 11.4 Å². The molecule has 2 nitrogen and oxygen atoms in total. The zero-order valence-corrected chi connectivity index (χ0v) is 9.20. The van der Waals surface area contributed by atoms with Gasteiger partial charge in [0.25, 0.3) is 0 Å². The Morgan fingerprint density at radius 2 is 1.82 bits per heavy atom. The second-order valence-corrected chi connectivity index (χ2v) is 3.61. The van der Waals surface area contributed by atoms with Gasteiger partial charge in [-0.2, -0.15) is 13.2 Å². The molecule has 0 radical (unpaired) electrons. The molecule has 0 atom stereocenters. The highest BCUT2D eigenvalue weighted by Gasteiger charge is 2.30. The largest absolute Gasteiger partial charge is 0.416 e. The van der Waals surface area contributed by atoms with Crippen molar-refractivity contribution in [3.05, 3.63) is 42.2 Å². The van der Waals surface area contributed by atoms with Gasteiger partial charge in [0.05, 0.1) is 5.56 Å². The van der Waals surface area contributed by atoms with Gasteiger partial charge in [0.15, 0.2) is 0 Å². The molecule has 2 rings (SSSR count). The predicted molar refractivity (Wildman–Crippen MR) is 58.3 cm³/mol. The van der Waals surface area contributed by atoms with E-state index in [1.165, 1.54) is 12.1 Å². The molecule has 0 aliphatic rings. The summed E-state index contributed by atoms with van der Waals surface area (Å²) in [6.07, 6.45) is -0.859. The van der Waals surface area contributed by atoms with Gasteiger partial charge in [-0.3, -0.25) is 0 Å². The number of aryl methyl sites for hydroxylation is 1. The van der Waals surface area contributed by atoms with Crippen molar-refractivity contribution in [2.24, 2.45) is 0 Å². The van der Waals surface area contributed by atoms with E-state index in [0.29, 0.717) is 11.4 Å². The lowest BCUT2D eigenvalue weighted by Crippen LogP contribution is -2.04. The van der Waals surface area contributed by atoms with Crippen LogP contribution < -0.4 is 0 Å². The minimum absolute atomic E-state index is 0.643. The summed E-state index contributed by atoms with van der Waals surface area (Å²) < 4.78 is 39.0. The van der Waals surface area contributed by atoms with Crippen molar-refractivity contribution in [2.75, 3.05) is 0 Å². The van der Waals surface area contributed by atoms with Crippen molar-refractivity contribution in [3.8, 4) is 11.4 Å². The second-order valence-electron chi connectivity index (χ2n) is 3.61. The maximum Gasteiger partial charge on any atom is 0.416 e. The van der Waals surface area contributed by atoms with E-state index in [4.69, 9.17) is 0 Å². The third-order valence-corrected chi connectivity index (χ3v) is 2.53. The topological polar surface area (TPSA) is 17.8 Å². The van der Waals surface area contributed by atoms with Crippen LogP contribution in [0.3, 0.4) is 0 Å². The number of hydrogen-bond donors (Lipinski definition) is 0. The number of alkyl halides is 3. The van der Waals surface area contributed by atoms with Gasteiger partial charge in [-0.05, 0) is 19.1 Å². The first-order valence-electron chi connectivity index (χ1n) is 5.21. The Hall–Kier alpha value is -1.78. The number of imidazole rings is 1. The van der Waals surface area contributed by atoms with Gasteiger partial charge in [0, 0.05) is 24.5 Å². The molecule has 17 heavy (non-hydrogen) atoms. The van der Waals surface area contributed by atoms with Gasteiger partial charge in [0.2, 0.25) is 0 Å². The third-order valence-electron chi connectivity index (χ3n) is 2.53. The summed E-state index contributed by atoms with van der Waals surface area (Å²) >= 11 is 0. The van der Waals surface area contributed by atoms with Gasteiger partial charge in [0.1, 0.15) is 5.82 Å². The summed E-state index contributed by atoms with van der Waals surface area (Å²) in [4.78, 5) is 4.13. The molecular formula is C12H11F3N2. The molecule has 0 aliphatic heterocycles. The van der Waals surface area contributed by atoms with Crippen LogP contribution in [0, 0.1) is 0 Å². The number of halogens is 3. The van der Waals surface area contributed by atoms with Gasteiger partial charge in [-0.15, -0.1) is 0 Å². The predicted octanol–water partition coefficient (Wildman–Crippen LogP) is 3.59. The highest BCUT2D eigenvalue weighted by molar-refractivity contribution is 5.56. The zero-order chi connectivity index (χ0) is 12.5. The van der Waals surface area contributed by atoms with Crippen LogP contribution >= 0.6 is 0 Å². The minimum atomic E-state index is -4.29. The molecule has 0 unspecified atom stereocenters. The maximum atomic E-state index is 12.4. The molecule has 0 spiro atoms. The van der Waals surface area contributed by atoms with Crippen molar-refractivity contribution in [1.29, 1.82) is 0 Å². The van der Waals surface area contributed by atoms with Crippen molar-refractivity contribution >= 4 is 0 Å². The molecule has 0 saturated carbocycles. The van der Waals surface area contributed by atoms with Crippen LogP contribution in [-0.2, 0) is 12.7 Å². The lowest BCUT2D eigenvalue weighted by molar-refractivity contribution is -0.137. The first-order chi connectivity index (χ1) is 8.02. The summed E-state index contributed by atoms with van der Waals surface area (Å²) in [5.41, 5.74) is 0.0423. The molecule has 0 saturated heterocycles.